The van der Waals surface area contributed by atoms with E-state index in [4.69, 9.17) is 11.6 Å². The fraction of sp³-hybridized carbons (Fsp3) is 0.0769. The van der Waals surface area contributed by atoms with E-state index in [1.165, 1.54) is 0 Å². The Hall–Kier alpha value is -1.67. The maximum absolute atomic E-state index is 11.8. The predicted molar refractivity (Wildman–Crippen MR) is 64.7 cm³/mol. The van der Waals surface area contributed by atoms with Crippen LogP contribution in [-0.4, -0.2) is 16.1 Å². The van der Waals surface area contributed by atoms with E-state index in [2.05, 4.69) is 4.98 Å². The zero-order valence-corrected chi connectivity index (χ0v) is 9.11. The van der Waals surface area contributed by atoms with Crippen molar-refractivity contribution >= 4 is 34.4 Å². The van der Waals surface area contributed by atoms with Crippen LogP contribution in [0.3, 0.4) is 0 Å². The van der Waals surface area contributed by atoms with Crippen LogP contribution in [0.4, 0.5) is 0 Å². The second kappa shape index (κ2) is 3.42. The van der Waals surface area contributed by atoms with Crippen LogP contribution in [0.2, 0.25) is 0 Å². The minimum Gasteiger partial charge on any atom is -0.292 e. The molecule has 0 saturated carbocycles. The molecule has 1 aromatic carbocycles. The average molecular weight is 230 g/mol. The van der Waals surface area contributed by atoms with Crippen LogP contribution in [0, 0.1) is 0 Å². The number of fused-ring (bicyclic) bond motifs is 2. The number of pyridine rings is 1. The molecule has 3 heteroatoms. The normalized spacial score (nSPS) is 18.8. The summed E-state index contributed by atoms with van der Waals surface area (Å²) >= 11 is 5.88. The van der Waals surface area contributed by atoms with Crippen LogP contribution >= 0.6 is 11.6 Å². The molecule has 0 fully saturated rings. The van der Waals surface area contributed by atoms with Gasteiger partial charge in [0.2, 0.25) is 0 Å². The van der Waals surface area contributed by atoms with Crippen molar-refractivity contribution in [2.45, 2.75) is 5.38 Å². The first-order valence-corrected chi connectivity index (χ1v) is 5.45. The van der Waals surface area contributed by atoms with Gasteiger partial charge in [0.15, 0.2) is 5.78 Å². The molecule has 1 atom stereocenters. The van der Waals surface area contributed by atoms with Gasteiger partial charge in [-0.15, -0.1) is 11.6 Å². The van der Waals surface area contributed by atoms with Gasteiger partial charge in [-0.3, -0.25) is 4.79 Å². The summed E-state index contributed by atoms with van der Waals surface area (Å²) in [6, 6.07) is 9.59. The fourth-order valence-corrected chi connectivity index (χ4v) is 2.06. The first-order chi connectivity index (χ1) is 7.75. The third-order valence-electron chi connectivity index (χ3n) is 2.69. The lowest BCUT2D eigenvalue weighted by molar-refractivity contribution is 0.0997. The van der Waals surface area contributed by atoms with Crippen molar-refractivity contribution in [1.82, 2.24) is 4.98 Å². The van der Waals surface area contributed by atoms with Crippen molar-refractivity contribution in [3.05, 3.63) is 47.7 Å². The highest BCUT2D eigenvalue weighted by molar-refractivity contribution is 6.36. The summed E-state index contributed by atoms with van der Waals surface area (Å²) in [4.78, 5) is 16.3. The third-order valence-corrected chi connectivity index (χ3v) is 3.04. The second-order valence-corrected chi connectivity index (χ2v) is 4.21. The van der Waals surface area contributed by atoms with Gasteiger partial charge in [0.25, 0.3) is 0 Å². The summed E-state index contributed by atoms with van der Waals surface area (Å²) in [5.41, 5.74) is 2.22. The molecular weight excluding hydrogens is 222 g/mol. The van der Waals surface area contributed by atoms with Crippen LogP contribution in [0.5, 0.6) is 0 Å². The molecule has 1 aromatic heterocycles. The molecule has 0 aliphatic heterocycles. The Kier molecular flexibility index (Phi) is 2.04. The van der Waals surface area contributed by atoms with E-state index >= 15 is 0 Å². The van der Waals surface area contributed by atoms with Gasteiger partial charge in [-0.05, 0) is 18.2 Å². The van der Waals surface area contributed by atoms with Crippen molar-refractivity contribution in [2.24, 2.45) is 0 Å². The van der Waals surface area contributed by atoms with Gasteiger partial charge in [-0.2, -0.15) is 0 Å². The number of ketones is 1. The van der Waals surface area contributed by atoms with Crippen molar-refractivity contribution in [2.75, 3.05) is 0 Å². The van der Waals surface area contributed by atoms with E-state index in [0.717, 1.165) is 10.9 Å². The van der Waals surface area contributed by atoms with Gasteiger partial charge in [-0.1, -0.05) is 24.3 Å². The summed E-state index contributed by atoms with van der Waals surface area (Å²) in [6.07, 6.45) is 3.48. The molecule has 0 radical (unpaired) electrons. The topological polar surface area (TPSA) is 30.0 Å². The number of benzene rings is 1. The second-order valence-electron chi connectivity index (χ2n) is 3.74. The molecule has 0 saturated heterocycles. The Morgan fingerprint density at radius 1 is 1.25 bits per heavy atom. The largest absolute Gasteiger partial charge is 0.292 e. The molecule has 0 bridgehead atoms. The number of hydrogen-bond acceptors (Lipinski definition) is 2. The standard InChI is InChI=1S/C13H8ClNO/c14-10-5-6-12-9(13(10)16)7-8-3-1-2-4-11(8)15-12/h1-7,10H. The molecular formula is C13H8ClNO. The number of halogens is 1. The lowest BCUT2D eigenvalue weighted by Crippen LogP contribution is -2.17. The number of carbonyl (C=O) groups is 1. The average Bonchev–Trinajstić information content (AvgIpc) is 2.32. The first kappa shape index (κ1) is 9.55. The third kappa shape index (κ3) is 1.34. The summed E-state index contributed by atoms with van der Waals surface area (Å²) < 4.78 is 0. The number of nitrogens with zero attached hydrogens (tertiary/aromatic N) is 1. The molecule has 1 aliphatic rings. The predicted octanol–water partition coefficient (Wildman–Crippen LogP) is 3.05. The van der Waals surface area contributed by atoms with Crippen LogP contribution in [0.15, 0.2) is 36.4 Å². The van der Waals surface area contributed by atoms with E-state index in [9.17, 15) is 4.79 Å². The first-order valence-electron chi connectivity index (χ1n) is 5.02. The Morgan fingerprint density at radius 3 is 2.94 bits per heavy atom. The molecule has 1 aliphatic carbocycles. The number of carbonyl (C=O) groups excluding carboxylic acids is 1. The van der Waals surface area contributed by atoms with E-state index in [1.54, 1.807) is 12.2 Å². The minimum absolute atomic E-state index is 0.0718. The Labute approximate surface area is 97.6 Å². The van der Waals surface area contributed by atoms with Gasteiger partial charge in [0.05, 0.1) is 11.2 Å². The zero-order valence-electron chi connectivity index (χ0n) is 8.35. The van der Waals surface area contributed by atoms with Gasteiger partial charge in [0, 0.05) is 10.9 Å². The van der Waals surface area contributed by atoms with E-state index in [1.807, 2.05) is 30.3 Å². The maximum atomic E-state index is 11.8. The summed E-state index contributed by atoms with van der Waals surface area (Å²) in [6.45, 7) is 0. The number of rotatable bonds is 0. The number of allylic oxidation sites excluding steroid dienone is 1. The summed E-state index contributed by atoms with van der Waals surface area (Å²) in [5.74, 6) is -0.0718. The Bertz CT molecular complexity index is 618. The molecule has 1 heterocycles. The number of para-hydroxylation sites is 1. The molecule has 2 nitrogen and oxygen atoms in total. The zero-order chi connectivity index (χ0) is 11.1. The molecule has 2 aromatic rings. The smallest absolute Gasteiger partial charge is 0.186 e. The van der Waals surface area contributed by atoms with E-state index < -0.39 is 5.38 Å². The van der Waals surface area contributed by atoms with E-state index in [0.29, 0.717) is 11.3 Å². The molecule has 16 heavy (non-hydrogen) atoms. The molecule has 0 amide bonds. The van der Waals surface area contributed by atoms with E-state index in [-0.39, 0.29) is 5.78 Å². The minimum atomic E-state index is -0.560. The summed E-state index contributed by atoms with van der Waals surface area (Å²) in [7, 11) is 0. The number of Topliss-reactive ketones (excluding diaryl/α,β-unsaturated/α-hetero) is 1. The molecule has 78 valence electrons. The highest BCUT2D eigenvalue weighted by atomic mass is 35.5. The van der Waals surface area contributed by atoms with Crippen molar-refractivity contribution in [3.8, 4) is 0 Å². The lowest BCUT2D eigenvalue weighted by Gasteiger charge is -2.13. The highest BCUT2D eigenvalue weighted by Crippen LogP contribution is 2.24. The lowest BCUT2D eigenvalue weighted by atomic mass is 9.98. The van der Waals surface area contributed by atoms with Crippen LogP contribution in [0.25, 0.3) is 17.0 Å². The number of hydrogen-bond donors (Lipinski definition) is 0. The molecule has 1 unspecified atom stereocenters. The highest BCUT2D eigenvalue weighted by Gasteiger charge is 2.22. The van der Waals surface area contributed by atoms with Gasteiger partial charge in [0.1, 0.15) is 5.38 Å². The SMILES string of the molecule is O=C1c2cc3ccccc3nc2C=CC1Cl. The van der Waals surface area contributed by atoms with Crippen LogP contribution in [0.1, 0.15) is 16.1 Å². The quantitative estimate of drug-likeness (QED) is 0.650. The van der Waals surface area contributed by atoms with Crippen LogP contribution in [-0.2, 0) is 0 Å². The van der Waals surface area contributed by atoms with Crippen molar-refractivity contribution in [1.29, 1.82) is 0 Å². The van der Waals surface area contributed by atoms with Crippen molar-refractivity contribution < 1.29 is 4.79 Å². The molecule has 0 N–H and O–H groups in total. The monoisotopic (exact) mass is 229 g/mol. The van der Waals surface area contributed by atoms with Gasteiger partial charge >= 0.3 is 0 Å². The number of aromatic nitrogens is 1. The Balaban J connectivity index is 2.33. The fourth-order valence-electron chi connectivity index (χ4n) is 1.87. The van der Waals surface area contributed by atoms with Crippen molar-refractivity contribution in [3.63, 3.8) is 0 Å². The van der Waals surface area contributed by atoms with Gasteiger partial charge in [-0.25, -0.2) is 4.98 Å². The van der Waals surface area contributed by atoms with Gasteiger partial charge < -0.3 is 0 Å². The molecule has 3 rings (SSSR count). The maximum Gasteiger partial charge on any atom is 0.186 e. The Morgan fingerprint density at radius 2 is 2.06 bits per heavy atom. The summed E-state index contributed by atoms with van der Waals surface area (Å²) in [5, 5.41) is 0.407. The van der Waals surface area contributed by atoms with Crippen LogP contribution < -0.4 is 0 Å². The number of alkyl halides is 1. The molecule has 0 spiro atoms.